The molecule has 0 N–H and O–H groups in total. The molecular weight excluding hydrogens is 473 g/mol. The third-order valence-corrected chi connectivity index (χ3v) is 6.25. The molecule has 0 unspecified atom stereocenters. The zero-order chi connectivity index (χ0) is 22.9. The molecule has 33 heavy (non-hydrogen) atoms. The van der Waals surface area contributed by atoms with Crippen molar-refractivity contribution in [2.75, 3.05) is 0 Å². The molecular formula is C27H18Cl3N3. The normalized spacial score (nSPS) is 11.0. The summed E-state index contributed by atoms with van der Waals surface area (Å²) in [6.45, 7) is 1.96. The number of para-hydroxylation sites is 1. The second-order valence-corrected chi connectivity index (χ2v) is 8.87. The van der Waals surface area contributed by atoms with E-state index in [1.807, 2.05) is 97.9 Å². The lowest BCUT2D eigenvalue weighted by atomic mass is 10.0. The molecule has 0 spiro atoms. The van der Waals surface area contributed by atoms with Crippen molar-refractivity contribution in [3.63, 3.8) is 0 Å². The Labute approximate surface area is 207 Å². The van der Waals surface area contributed by atoms with Crippen LogP contribution in [-0.4, -0.2) is 14.8 Å². The molecule has 0 aliphatic rings. The van der Waals surface area contributed by atoms with Crippen molar-refractivity contribution in [2.24, 2.45) is 0 Å². The molecule has 162 valence electrons. The first-order valence-corrected chi connectivity index (χ1v) is 11.5. The first kappa shape index (κ1) is 21.7. The lowest BCUT2D eigenvalue weighted by Gasteiger charge is -2.11. The van der Waals surface area contributed by atoms with Crippen LogP contribution in [0.5, 0.6) is 0 Å². The molecule has 5 aromatic rings. The lowest BCUT2D eigenvalue weighted by molar-refractivity contribution is 0.863. The largest absolute Gasteiger partial charge is 0.248 e. The van der Waals surface area contributed by atoms with Gasteiger partial charge in [-0.15, -0.1) is 0 Å². The SMILES string of the molecule is Cc1nn(-c2ccccc2)c(Cl)c1-c1cc(-c2ccc(Cl)cc2)nc(-c2ccc(Cl)cc2)c1. The van der Waals surface area contributed by atoms with Crippen LogP contribution < -0.4 is 0 Å². The highest BCUT2D eigenvalue weighted by molar-refractivity contribution is 6.33. The minimum Gasteiger partial charge on any atom is -0.248 e. The van der Waals surface area contributed by atoms with Crippen molar-refractivity contribution in [3.05, 3.63) is 112 Å². The van der Waals surface area contributed by atoms with E-state index in [0.717, 1.165) is 45.0 Å². The molecule has 0 aliphatic carbocycles. The zero-order valence-electron chi connectivity index (χ0n) is 17.6. The maximum Gasteiger partial charge on any atom is 0.140 e. The monoisotopic (exact) mass is 489 g/mol. The zero-order valence-corrected chi connectivity index (χ0v) is 19.9. The lowest BCUT2D eigenvalue weighted by Crippen LogP contribution is -1.96. The Morgan fingerprint density at radius 2 is 1.15 bits per heavy atom. The molecule has 0 bridgehead atoms. The van der Waals surface area contributed by atoms with E-state index in [1.54, 1.807) is 4.68 Å². The highest BCUT2D eigenvalue weighted by Gasteiger charge is 2.19. The summed E-state index contributed by atoms with van der Waals surface area (Å²) in [5, 5.41) is 6.62. The number of hydrogen-bond acceptors (Lipinski definition) is 2. The van der Waals surface area contributed by atoms with Gasteiger partial charge in [-0.05, 0) is 61.0 Å². The Morgan fingerprint density at radius 3 is 1.67 bits per heavy atom. The summed E-state index contributed by atoms with van der Waals surface area (Å²) in [5.74, 6) is 0. The second kappa shape index (κ2) is 9.03. The van der Waals surface area contributed by atoms with Crippen LogP contribution >= 0.6 is 34.8 Å². The van der Waals surface area contributed by atoms with Gasteiger partial charge in [0.15, 0.2) is 0 Å². The number of aromatic nitrogens is 3. The topological polar surface area (TPSA) is 30.7 Å². The van der Waals surface area contributed by atoms with Crippen molar-refractivity contribution in [2.45, 2.75) is 6.92 Å². The first-order valence-electron chi connectivity index (χ1n) is 10.3. The summed E-state index contributed by atoms with van der Waals surface area (Å²) >= 11 is 19.1. The van der Waals surface area contributed by atoms with Gasteiger partial charge in [0.25, 0.3) is 0 Å². The van der Waals surface area contributed by atoms with Crippen LogP contribution in [0.25, 0.3) is 39.3 Å². The summed E-state index contributed by atoms with van der Waals surface area (Å²) in [6, 6.07) is 29.2. The van der Waals surface area contributed by atoms with Crippen LogP contribution in [0.15, 0.2) is 91.0 Å². The van der Waals surface area contributed by atoms with E-state index < -0.39 is 0 Å². The number of pyridine rings is 1. The molecule has 0 saturated heterocycles. The molecule has 5 rings (SSSR count). The van der Waals surface area contributed by atoms with Gasteiger partial charge in [-0.3, -0.25) is 0 Å². The van der Waals surface area contributed by atoms with Crippen LogP contribution in [-0.2, 0) is 0 Å². The Balaban J connectivity index is 1.71. The molecule has 0 aliphatic heterocycles. The predicted molar refractivity (Wildman–Crippen MR) is 137 cm³/mol. The van der Waals surface area contributed by atoms with Crippen molar-refractivity contribution < 1.29 is 0 Å². The van der Waals surface area contributed by atoms with E-state index in [2.05, 4.69) is 0 Å². The average molecular weight is 491 g/mol. The maximum absolute atomic E-state index is 6.88. The summed E-state index contributed by atoms with van der Waals surface area (Å²) in [7, 11) is 0. The fraction of sp³-hybridized carbons (Fsp3) is 0.0370. The van der Waals surface area contributed by atoms with Crippen molar-refractivity contribution in [3.8, 4) is 39.3 Å². The van der Waals surface area contributed by atoms with Gasteiger partial charge in [-0.1, -0.05) is 77.3 Å². The van der Waals surface area contributed by atoms with Crippen LogP contribution in [0.3, 0.4) is 0 Å². The summed E-state index contributed by atoms with van der Waals surface area (Å²) < 4.78 is 1.76. The number of aryl methyl sites for hydroxylation is 1. The Kier molecular flexibility index (Phi) is 5.94. The molecule has 0 amide bonds. The van der Waals surface area contributed by atoms with Crippen LogP contribution in [0, 0.1) is 6.92 Å². The van der Waals surface area contributed by atoms with Gasteiger partial charge < -0.3 is 0 Å². The Morgan fingerprint density at radius 1 is 0.636 bits per heavy atom. The first-order chi connectivity index (χ1) is 16.0. The van der Waals surface area contributed by atoms with Crippen molar-refractivity contribution >= 4 is 34.8 Å². The average Bonchev–Trinajstić information content (AvgIpc) is 3.14. The molecule has 0 saturated carbocycles. The fourth-order valence-electron chi connectivity index (χ4n) is 3.78. The standard InChI is InChI=1S/C27H18Cl3N3/c1-17-26(27(30)33(32-17)23-5-3-2-4-6-23)20-15-24(18-7-11-21(28)12-8-18)31-25(16-20)19-9-13-22(29)14-10-19/h2-16H,1H3. The molecule has 2 heterocycles. The number of nitrogens with zero attached hydrogens (tertiary/aromatic N) is 3. The summed E-state index contributed by atoms with van der Waals surface area (Å²) in [4.78, 5) is 4.93. The molecule has 6 heteroatoms. The highest BCUT2D eigenvalue weighted by Crippen LogP contribution is 2.37. The third-order valence-electron chi connectivity index (χ3n) is 5.40. The summed E-state index contributed by atoms with van der Waals surface area (Å²) in [5.41, 5.74) is 7.09. The number of benzene rings is 3. The molecule has 3 aromatic carbocycles. The Hall–Kier alpha value is -3.11. The van der Waals surface area contributed by atoms with Gasteiger partial charge >= 0.3 is 0 Å². The quantitative estimate of drug-likeness (QED) is 0.253. The van der Waals surface area contributed by atoms with E-state index >= 15 is 0 Å². The minimum atomic E-state index is 0.550. The van der Waals surface area contributed by atoms with Gasteiger partial charge in [-0.25, -0.2) is 9.67 Å². The Bertz CT molecular complexity index is 1360. The molecule has 2 aromatic heterocycles. The molecule has 0 atom stereocenters. The van der Waals surface area contributed by atoms with Crippen LogP contribution in [0.1, 0.15) is 5.69 Å². The van der Waals surface area contributed by atoms with E-state index in [4.69, 9.17) is 44.9 Å². The third kappa shape index (κ3) is 4.40. The maximum atomic E-state index is 6.88. The van der Waals surface area contributed by atoms with E-state index in [-0.39, 0.29) is 0 Å². The minimum absolute atomic E-state index is 0.550. The van der Waals surface area contributed by atoms with Gasteiger partial charge in [-0.2, -0.15) is 5.10 Å². The molecule has 0 fully saturated rings. The van der Waals surface area contributed by atoms with Gasteiger partial charge in [0.2, 0.25) is 0 Å². The molecule has 3 nitrogen and oxygen atoms in total. The van der Waals surface area contributed by atoms with E-state index in [0.29, 0.717) is 15.2 Å². The van der Waals surface area contributed by atoms with Crippen molar-refractivity contribution in [1.29, 1.82) is 0 Å². The number of hydrogen-bond donors (Lipinski definition) is 0. The number of rotatable bonds is 4. The van der Waals surface area contributed by atoms with E-state index in [1.165, 1.54) is 0 Å². The number of halogens is 3. The van der Waals surface area contributed by atoms with E-state index in [9.17, 15) is 0 Å². The fourth-order valence-corrected chi connectivity index (χ4v) is 4.41. The van der Waals surface area contributed by atoms with Gasteiger partial charge in [0.1, 0.15) is 5.15 Å². The smallest absolute Gasteiger partial charge is 0.140 e. The predicted octanol–water partition coefficient (Wildman–Crippen LogP) is 8.54. The van der Waals surface area contributed by atoms with Gasteiger partial charge in [0.05, 0.1) is 22.8 Å². The highest BCUT2D eigenvalue weighted by atomic mass is 35.5. The molecule has 0 radical (unpaired) electrons. The van der Waals surface area contributed by atoms with Crippen LogP contribution in [0.4, 0.5) is 0 Å². The van der Waals surface area contributed by atoms with Gasteiger partial charge in [0, 0.05) is 26.7 Å². The van der Waals surface area contributed by atoms with Crippen molar-refractivity contribution in [1.82, 2.24) is 14.8 Å². The van der Waals surface area contributed by atoms with Crippen LogP contribution in [0.2, 0.25) is 15.2 Å². The summed E-state index contributed by atoms with van der Waals surface area (Å²) in [6.07, 6.45) is 0. The second-order valence-electron chi connectivity index (χ2n) is 7.64.